The molecule has 68 valence electrons. The van der Waals surface area contributed by atoms with Crippen LogP contribution in [-0.4, -0.2) is 6.08 Å². The highest BCUT2D eigenvalue weighted by Crippen LogP contribution is 2.28. The van der Waals surface area contributed by atoms with Crippen LogP contribution >= 0.6 is 0 Å². The Hall–Kier alpha value is -1.54. The number of carbonyl (C=O) groups excluding carboxylic acids is 1. The molecule has 2 nitrogen and oxygen atoms in total. The van der Waals surface area contributed by atoms with Gasteiger partial charge in [-0.15, -0.1) is 4.99 Å². The van der Waals surface area contributed by atoms with E-state index in [-0.39, 0.29) is 5.56 Å². The van der Waals surface area contributed by atoms with E-state index in [9.17, 15) is 13.6 Å². The summed E-state index contributed by atoms with van der Waals surface area (Å²) in [6, 6.07) is 2.20. The van der Waals surface area contributed by atoms with Gasteiger partial charge in [0.1, 0.15) is 0 Å². The highest BCUT2D eigenvalue weighted by Gasteiger charge is 2.30. The number of alkyl halides is 2. The first kappa shape index (κ1) is 9.55. The zero-order valence-corrected chi connectivity index (χ0v) is 6.92. The Morgan fingerprint density at radius 3 is 2.69 bits per heavy atom. The molecule has 0 aliphatic rings. The summed E-state index contributed by atoms with van der Waals surface area (Å²) in [4.78, 5) is 12.1. The monoisotopic (exact) mass is 183 g/mol. The molecule has 1 rings (SSSR count). The van der Waals surface area contributed by atoms with Gasteiger partial charge in [-0.05, 0) is 13.0 Å². The van der Waals surface area contributed by atoms with E-state index in [1.165, 1.54) is 18.2 Å². The van der Waals surface area contributed by atoms with Crippen LogP contribution in [0.4, 0.5) is 8.78 Å². The Labute approximate surface area is 73.9 Å². The van der Waals surface area contributed by atoms with Crippen LogP contribution in [0.5, 0.6) is 0 Å². The average molecular weight is 183 g/mol. The predicted molar refractivity (Wildman–Crippen MR) is 43.2 cm³/mol. The molecule has 0 saturated carbocycles. The van der Waals surface area contributed by atoms with Crippen molar-refractivity contribution >= 4 is 6.08 Å². The lowest BCUT2D eigenvalue weighted by Crippen LogP contribution is -2.09. The highest BCUT2D eigenvalue weighted by atomic mass is 19.3. The highest BCUT2D eigenvalue weighted by molar-refractivity contribution is 5.36. The minimum atomic E-state index is -3.46. The van der Waals surface area contributed by atoms with E-state index in [4.69, 9.17) is 0 Å². The third kappa shape index (κ3) is 2.20. The van der Waals surface area contributed by atoms with Crippen molar-refractivity contribution in [3.8, 4) is 0 Å². The number of hydrogen-bond acceptors (Lipinski definition) is 2. The summed E-state index contributed by atoms with van der Waals surface area (Å²) in [6.45, 7) is 1.68. The second kappa shape index (κ2) is 3.46. The lowest BCUT2D eigenvalue weighted by atomic mass is 10.1. The van der Waals surface area contributed by atoms with Crippen LogP contribution in [0, 0.1) is 6.92 Å². The molecule has 0 atom stereocenters. The van der Waals surface area contributed by atoms with E-state index in [0.717, 1.165) is 6.08 Å². The van der Waals surface area contributed by atoms with Gasteiger partial charge in [-0.3, -0.25) is 0 Å². The Morgan fingerprint density at radius 2 is 2.15 bits per heavy atom. The third-order valence-corrected chi connectivity index (χ3v) is 1.55. The van der Waals surface area contributed by atoms with Gasteiger partial charge in [0.15, 0.2) is 0 Å². The molecular weight excluding hydrogens is 176 g/mol. The number of hydrogen-bond donors (Lipinski definition) is 0. The first-order chi connectivity index (χ1) is 6.06. The first-order valence-electron chi connectivity index (χ1n) is 3.60. The molecule has 0 radical (unpaired) electrons. The molecule has 0 heterocycles. The van der Waals surface area contributed by atoms with E-state index in [0.29, 0.717) is 5.56 Å². The second-order valence-corrected chi connectivity index (χ2v) is 2.61. The molecule has 0 fully saturated rings. The molecule has 13 heavy (non-hydrogen) atoms. The summed E-state index contributed by atoms with van der Waals surface area (Å²) in [5, 5.41) is 0. The Kier molecular flexibility index (Phi) is 2.54. The number of halogens is 2. The van der Waals surface area contributed by atoms with Crippen molar-refractivity contribution in [3.63, 3.8) is 0 Å². The lowest BCUT2D eigenvalue weighted by Gasteiger charge is -2.08. The van der Waals surface area contributed by atoms with Crippen LogP contribution in [-0.2, 0) is 10.8 Å². The zero-order valence-electron chi connectivity index (χ0n) is 6.92. The predicted octanol–water partition coefficient (Wildman–Crippen LogP) is 2.38. The standard InChI is InChI=1S/C9H7F2NO/c1-7-3-2-4-8(5-7)9(10,11)12-6-13/h2-5H,1H3. The smallest absolute Gasteiger partial charge is 0.211 e. The molecule has 0 N–H and O–H groups in total. The van der Waals surface area contributed by atoms with Crippen LogP contribution in [0.1, 0.15) is 11.1 Å². The molecule has 4 heteroatoms. The number of nitrogens with zero attached hydrogens (tertiary/aromatic N) is 1. The quantitative estimate of drug-likeness (QED) is 0.393. The second-order valence-electron chi connectivity index (χ2n) is 2.61. The van der Waals surface area contributed by atoms with Gasteiger partial charge in [-0.2, -0.15) is 8.78 Å². The number of rotatable bonds is 2. The molecule has 0 aromatic heterocycles. The van der Waals surface area contributed by atoms with Gasteiger partial charge in [0.25, 0.3) is 0 Å². The summed E-state index contributed by atoms with van der Waals surface area (Å²) in [7, 11) is 0. The molecule has 0 unspecified atom stereocenters. The van der Waals surface area contributed by atoms with Crippen molar-refractivity contribution in [3.05, 3.63) is 35.4 Å². The van der Waals surface area contributed by atoms with E-state index in [1.54, 1.807) is 13.0 Å². The van der Waals surface area contributed by atoms with Gasteiger partial charge in [-0.25, -0.2) is 4.79 Å². The van der Waals surface area contributed by atoms with Gasteiger partial charge >= 0.3 is 6.05 Å². The van der Waals surface area contributed by atoms with Gasteiger partial charge in [0.05, 0.1) is 0 Å². The Morgan fingerprint density at radius 1 is 1.46 bits per heavy atom. The van der Waals surface area contributed by atoms with Gasteiger partial charge in [0.2, 0.25) is 6.08 Å². The summed E-state index contributed by atoms with van der Waals surface area (Å²) in [5.41, 5.74) is 0.397. The summed E-state index contributed by atoms with van der Waals surface area (Å²) in [5.74, 6) is 0. The summed E-state index contributed by atoms with van der Waals surface area (Å²) < 4.78 is 25.8. The molecule has 0 saturated heterocycles. The van der Waals surface area contributed by atoms with E-state index < -0.39 is 6.05 Å². The molecule has 1 aromatic rings. The van der Waals surface area contributed by atoms with Crippen LogP contribution < -0.4 is 0 Å². The minimum Gasteiger partial charge on any atom is -0.211 e. The maximum absolute atomic E-state index is 12.9. The van der Waals surface area contributed by atoms with Gasteiger partial charge in [0, 0.05) is 5.56 Å². The molecule has 0 spiro atoms. The van der Waals surface area contributed by atoms with Crippen LogP contribution in [0.3, 0.4) is 0 Å². The number of benzene rings is 1. The van der Waals surface area contributed by atoms with Crippen LogP contribution in [0.15, 0.2) is 29.3 Å². The maximum Gasteiger partial charge on any atom is 0.379 e. The molecule has 0 bridgehead atoms. The summed E-state index contributed by atoms with van der Waals surface area (Å²) in [6.07, 6.45) is 0.851. The van der Waals surface area contributed by atoms with Crippen molar-refractivity contribution < 1.29 is 13.6 Å². The van der Waals surface area contributed by atoms with Gasteiger partial charge < -0.3 is 0 Å². The van der Waals surface area contributed by atoms with Gasteiger partial charge in [-0.1, -0.05) is 23.8 Å². The number of isocyanates is 1. The van der Waals surface area contributed by atoms with E-state index >= 15 is 0 Å². The fourth-order valence-corrected chi connectivity index (χ4v) is 0.954. The molecule has 0 amide bonds. The SMILES string of the molecule is Cc1cccc(C(F)(F)N=C=O)c1. The number of aryl methyl sites for hydroxylation is 1. The molecule has 0 aliphatic heterocycles. The van der Waals surface area contributed by atoms with Crippen molar-refractivity contribution in [1.29, 1.82) is 0 Å². The fraction of sp³-hybridized carbons (Fsp3) is 0.222. The zero-order chi connectivity index (χ0) is 9.90. The van der Waals surface area contributed by atoms with Crippen molar-refractivity contribution in [1.82, 2.24) is 0 Å². The topological polar surface area (TPSA) is 29.4 Å². The third-order valence-electron chi connectivity index (χ3n) is 1.55. The summed E-state index contributed by atoms with van der Waals surface area (Å²) >= 11 is 0. The van der Waals surface area contributed by atoms with Crippen LogP contribution in [0.2, 0.25) is 0 Å². The number of aliphatic imine (C=N–C) groups is 1. The lowest BCUT2D eigenvalue weighted by molar-refractivity contribution is 0.00611. The molecule has 1 aromatic carbocycles. The van der Waals surface area contributed by atoms with Crippen LogP contribution in [0.25, 0.3) is 0 Å². The largest absolute Gasteiger partial charge is 0.379 e. The van der Waals surface area contributed by atoms with Crippen molar-refractivity contribution in [2.24, 2.45) is 4.99 Å². The van der Waals surface area contributed by atoms with Crippen molar-refractivity contribution in [2.75, 3.05) is 0 Å². The fourth-order valence-electron chi connectivity index (χ4n) is 0.954. The maximum atomic E-state index is 12.9. The molecule has 0 aliphatic carbocycles. The normalized spacial score (nSPS) is 10.7. The molecular formula is C9H7F2NO. The average Bonchev–Trinajstić information content (AvgIpc) is 2.04. The minimum absolute atomic E-state index is 0.296. The Balaban J connectivity index is 3.13. The van der Waals surface area contributed by atoms with Crippen molar-refractivity contribution in [2.45, 2.75) is 13.0 Å². The Bertz CT molecular complexity index is 356. The van der Waals surface area contributed by atoms with E-state index in [1.807, 2.05) is 0 Å². The van der Waals surface area contributed by atoms with E-state index in [2.05, 4.69) is 4.99 Å². The first-order valence-corrected chi connectivity index (χ1v) is 3.60.